The fraction of sp³-hybridized carbons (Fsp3) is 0.0435. The molecule has 0 unspecified atom stereocenters. The average Bonchev–Trinajstić information content (AvgIpc) is 2.78. The monoisotopic (exact) mass is 543 g/mol. The first-order valence-corrected chi connectivity index (χ1v) is 10.2. The highest BCUT2D eigenvalue weighted by Gasteiger charge is 2.11. The highest BCUT2D eigenvalue weighted by Crippen LogP contribution is 2.23. The lowest BCUT2D eigenvalue weighted by atomic mass is 10.1. The summed E-state index contributed by atoms with van der Waals surface area (Å²) in [6, 6.07) is 17.1. The molecule has 3 aromatic carbocycles. The van der Waals surface area contributed by atoms with E-state index in [1.165, 1.54) is 30.5 Å². The standard InChI is InChI=1S/C23H15FIN3O4/c24-19-9-15(11-26)3-7-18(19)22(29)28-27-12-16-4-8-21(20(25)10-16)32-13-14-1-5-17(6-2-14)23(30)31/h1-10,12H,13H2,(H,28,29)(H,30,31)/b27-12-. The maximum absolute atomic E-state index is 13.9. The number of carboxylic acid groups (broad SMARTS) is 1. The summed E-state index contributed by atoms with van der Waals surface area (Å²) in [6.45, 7) is 0.273. The van der Waals surface area contributed by atoms with Crippen molar-refractivity contribution in [3.05, 3.63) is 97.9 Å². The number of amides is 1. The molecule has 0 heterocycles. The maximum atomic E-state index is 13.9. The van der Waals surface area contributed by atoms with Gasteiger partial charge in [0.15, 0.2) is 0 Å². The van der Waals surface area contributed by atoms with Crippen LogP contribution < -0.4 is 10.2 Å². The van der Waals surface area contributed by atoms with Crippen molar-refractivity contribution in [2.45, 2.75) is 6.61 Å². The van der Waals surface area contributed by atoms with Gasteiger partial charge in [-0.25, -0.2) is 14.6 Å². The van der Waals surface area contributed by atoms with Crippen molar-refractivity contribution in [3.63, 3.8) is 0 Å². The summed E-state index contributed by atoms with van der Waals surface area (Å²) in [6.07, 6.45) is 1.41. The molecule has 0 saturated heterocycles. The van der Waals surface area contributed by atoms with Gasteiger partial charge in [-0.05, 0) is 82.2 Å². The van der Waals surface area contributed by atoms with E-state index in [-0.39, 0.29) is 23.3 Å². The van der Waals surface area contributed by atoms with Crippen LogP contribution in [0.4, 0.5) is 4.39 Å². The van der Waals surface area contributed by atoms with Crippen molar-refractivity contribution in [1.82, 2.24) is 5.43 Å². The van der Waals surface area contributed by atoms with Crippen molar-refractivity contribution < 1.29 is 23.8 Å². The van der Waals surface area contributed by atoms with E-state index >= 15 is 0 Å². The number of ether oxygens (including phenoxy) is 1. The third kappa shape index (κ3) is 5.89. The Morgan fingerprint density at radius 1 is 1.16 bits per heavy atom. The van der Waals surface area contributed by atoms with Crippen molar-refractivity contribution in [2.75, 3.05) is 0 Å². The van der Waals surface area contributed by atoms with Crippen LogP contribution in [-0.2, 0) is 6.61 Å². The van der Waals surface area contributed by atoms with Crippen LogP contribution in [0.1, 0.15) is 37.4 Å². The molecule has 7 nitrogen and oxygen atoms in total. The molecule has 0 aliphatic carbocycles. The molecular weight excluding hydrogens is 528 g/mol. The number of nitrogens with one attached hydrogen (secondary N) is 1. The molecule has 3 aromatic rings. The lowest BCUT2D eigenvalue weighted by molar-refractivity contribution is 0.0696. The molecule has 2 N–H and O–H groups in total. The summed E-state index contributed by atoms with van der Waals surface area (Å²) in [5.41, 5.74) is 3.89. The first-order valence-electron chi connectivity index (χ1n) is 9.15. The van der Waals surface area contributed by atoms with E-state index in [1.54, 1.807) is 36.4 Å². The lowest BCUT2D eigenvalue weighted by Crippen LogP contribution is -2.19. The molecule has 0 atom stereocenters. The van der Waals surface area contributed by atoms with Gasteiger partial charge in [-0.3, -0.25) is 4.79 Å². The number of carbonyl (C=O) groups excluding carboxylic acids is 1. The Labute approximate surface area is 196 Å². The number of hydrogen-bond acceptors (Lipinski definition) is 5. The van der Waals surface area contributed by atoms with Crippen molar-refractivity contribution in [2.24, 2.45) is 5.10 Å². The smallest absolute Gasteiger partial charge is 0.335 e. The first kappa shape index (κ1) is 22.9. The molecule has 160 valence electrons. The second-order valence-electron chi connectivity index (χ2n) is 6.49. The van der Waals surface area contributed by atoms with Crippen LogP contribution in [0.5, 0.6) is 5.75 Å². The molecule has 0 radical (unpaired) electrons. The quantitative estimate of drug-likeness (QED) is 0.262. The van der Waals surface area contributed by atoms with Gasteiger partial charge in [0.1, 0.15) is 18.2 Å². The second-order valence-corrected chi connectivity index (χ2v) is 7.65. The minimum absolute atomic E-state index is 0.122. The number of hydrazone groups is 1. The Balaban J connectivity index is 1.58. The Bertz CT molecular complexity index is 1240. The predicted molar refractivity (Wildman–Crippen MR) is 123 cm³/mol. The Hall–Kier alpha value is -3.78. The number of nitrogens with zero attached hydrogens (tertiary/aromatic N) is 2. The van der Waals surface area contributed by atoms with Crippen LogP contribution in [0, 0.1) is 20.7 Å². The summed E-state index contributed by atoms with van der Waals surface area (Å²) in [5, 5.41) is 21.5. The van der Waals surface area contributed by atoms with Crippen LogP contribution >= 0.6 is 22.6 Å². The van der Waals surface area contributed by atoms with Gasteiger partial charge < -0.3 is 9.84 Å². The molecule has 0 fully saturated rings. The number of carboxylic acids is 1. The number of benzene rings is 3. The highest BCUT2D eigenvalue weighted by molar-refractivity contribution is 14.1. The van der Waals surface area contributed by atoms with Crippen molar-refractivity contribution in [1.29, 1.82) is 5.26 Å². The summed E-state index contributed by atoms with van der Waals surface area (Å²) in [7, 11) is 0. The lowest BCUT2D eigenvalue weighted by Gasteiger charge is -2.09. The second kappa shape index (κ2) is 10.5. The first-order chi connectivity index (χ1) is 15.4. The van der Waals surface area contributed by atoms with Gasteiger partial charge in [-0.1, -0.05) is 12.1 Å². The number of carbonyl (C=O) groups is 2. The Morgan fingerprint density at radius 2 is 1.91 bits per heavy atom. The summed E-state index contributed by atoms with van der Waals surface area (Å²) < 4.78 is 20.5. The Kier molecular flexibility index (Phi) is 7.51. The molecule has 0 aromatic heterocycles. The zero-order valence-electron chi connectivity index (χ0n) is 16.4. The number of halogens is 2. The fourth-order valence-corrected chi connectivity index (χ4v) is 3.31. The van der Waals surface area contributed by atoms with Crippen LogP contribution in [0.25, 0.3) is 0 Å². The van der Waals surface area contributed by atoms with E-state index in [0.717, 1.165) is 15.2 Å². The topological polar surface area (TPSA) is 112 Å². The largest absolute Gasteiger partial charge is 0.488 e. The molecule has 3 rings (SSSR count). The van der Waals surface area contributed by atoms with E-state index in [0.29, 0.717) is 11.3 Å². The normalized spacial score (nSPS) is 10.5. The van der Waals surface area contributed by atoms with E-state index in [4.69, 9.17) is 15.1 Å². The van der Waals surface area contributed by atoms with E-state index < -0.39 is 17.7 Å². The van der Waals surface area contributed by atoms with Gasteiger partial charge in [0.2, 0.25) is 0 Å². The number of nitriles is 1. The van der Waals surface area contributed by atoms with Gasteiger partial charge in [0, 0.05) is 0 Å². The van der Waals surface area contributed by atoms with E-state index in [1.807, 2.05) is 0 Å². The van der Waals surface area contributed by atoms with E-state index in [2.05, 4.69) is 33.1 Å². The third-order valence-corrected chi connectivity index (χ3v) is 5.12. The molecule has 0 saturated carbocycles. The minimum atomic E-state index is -0.984. The molecule has 9 heteroatoms. The maximum Gasteiger partial charge on any atom is 0.335 e. The minimum Gasteiger partial charge on any atom is -0.488 e. The summed E-state index contributed by atoms with van der Waals surface area (Å²) in [5.74, 6) is -1.88. The number of aromatic carboxylic acids is 1. The molecular formula is C23H15FIN3O4. The Morgan fingerprint density at radius 3 is 2.53 bits per heavy atom. The zero-order chi connectivity index (χ0) is 23.1. The van der Waals surface area contributed by atoms with Crippen molar-refractivity contribution in [3.8, 4) is 11.8 Å². The summed E-state index contributed by atoms with van der Waals surface area (Å²) >= 11 is 2.10. The molecule has 1 amide bonds. The van der Waals surface area contributed by atoms with Crippen LogP contribution in [0.3, 0.4) is 0 Å². The third-order valence-electron chi connectivity index (χ3n) is 4.27. The van der Waals surface area contributed by atoms with Gasteiger partial charge in [0.25, 0.3) is 5.91 Å². The van der Waals surface area contributed by atoms with Gasteiger partial charge in [0.05, 0.1) is 32.5 Å². The molecule has 0 bridgehead atoms. The van der Waals surface area contributed by atoms with Crippen LogP contribution in [-0.4, -0.2) is 23.2 Å². The molecule has 0 aliphatic heterocycles. The number of hydrogen-bond donors (Lipinski definition) is 2. The average molecular weight is 543 g/mol. The SMILES string of the molecule is N#Cc1ccc(C(=O)N/N=C\c2ccc(OCc3ccc(C(=O)O)cc3)c(I)c2)c(F)c1. The predicted octanol–water partition coefficient (Wildman–Crippen LogP) is 4.34. The zero-order valence-corrected chi connectivity index (χ0v) is 18.5. The van der Waals surface area contributed by atoms with E-state index in [9.17, 15) is 14.0 Å². The fourth-order valence-electron chi connectivity index (χ4n) is 2.61. The molecule has 0 spiro atoms. The van der Waals surface area contributed by atoms with Crippen LogP contribution in [0.15, 0.2) is 65.8 Å². The van der Waals surface area contributed by atoms with Gasteiger partial charge >= 0.3 is 5.97 Å². The summed E-state index contributed by atoms with van der Waals surface area (Å²) in [4.78, 5) is 23.0. The molecule has 0 aliphatic rings. The van der Waals surface area contributed by atoms with Crippen LogP contribution in [0.2, 0.25) is 0 Å². The highest BCUT2D eigenvalue weighted by atomic mass is 127. The van der Waals surface area contributed by atoms with Crippen molar-refractivity contribution >= 4 is 40.7 Å². The number of rotatable bonds is 7. The molecule has 32 heavy (non-hydrogen) atoms. The van der Waals surface area contributed by atoms with Gasteiger partial charge in [-0.15, -0.1) is 0 Å². The van der Waals surface area contributed by atoms with Gasteiger partial charge in [-0.2, -0.15) is 10.4 Å².